The molecule has 0 bridgehead atoms. The number of benzene rings is 1. The number of Topliss-reactive ketones (excluding diaryl/α,β-unsaturated/α-hetero) is 1. The van der Waals surface area contributed by atoms with E-state index in [1.165, 1.54) is 5.56 Å². The highest BCUT2D eigenvalue weighted by Gasteiger charge is 2.51. The second-order valence-corrected chi connectivity index (χ2v) is 10.6. The van der Waals surface area contributed by atoms with Crippen molar-refractivity contribution in [2.75, 3.05) is 7.11 Å². The lowest BCUT2D eigenvalue weighted by Crippen LogP contribution is -2.52. The maximum atomic E-state index is 13.5. The lowest BCUT2D eigenvalue weighted by molar-refractivity contribution is -0.185. The topological polar surface area (TPSA) is 95.7 Å². The van der Waals surface area contributed by atoms with Crippen LogP contribution in [0, 0.1) is 25.7 Å². The van der Waals surface area contributed by atoms with Gasteiger partial charge in [0.2, 0.25) is 0 Å². The number of hydrogen-bond donors (Lipinski definition) is 0. The van der Waals surface area contributed by atoms with Gasteiger partial charge in [-0.3, -0.25) is 9.59 Å². The Kier molecular flexibility index (Phi) is 7.01. The molecule has 1 aliphatic heterocycles. The molecule has 1 saturated carbocycles. The summed E-state index contributed by atoms with van der Waals surface area (Å²) in [6, 6.07) is 8.17. The third-order valence-corrected chi connectivity index (χ3v) is 8.16. The molecule has 2 fully saturated rings. The third-order valence-electron chi connectivity index (χ3n) is 8.16. The van der Waals surface area contributed by atoms with E-state index in [-0.39, 0.29) is 24.5 Å². The first-order valence-corrected chi connectivity index (χ1v) is 13.4. The summed E-state index contributed by atoms with van der Waals surface area (Å²) in [5.41, 5.74) is 3.35. The summed E-state index contributed by atoms with van der Waals surface area (Å²) in [4.78, 5) is 35.8. The van der Waals surface area contributed by atoms with Gasteiger partial charge in [0.05, 0.1) is 7.11 Å². The molecule has 0 radical (unpaired) electrons. The number of carbonyl (C=O) groups excluding carboxylic acids is 2. The van der Waals surface area contributed by atoms with E-state index >= 15 is 0 Å². The van der Waals surface area contributed by atoms with Crippen LogP contribution in [0.15, 0.2) is 24.3 Å². The van der Waals surface area contributed by atoms with Crippen molar-refractivity contribution in [3.05, 3.63) is 52.6 Å². The molecule has 0 N–H and O–H groups in total. The van der Waals surface area contributed by atoms with Crippen molar-refractivity contribution in [1.29, 1.82) is 0 Å². The minimum absolute atomic E-state index is 0.0631. The predicted molar refractivity (Wildman–Crippen MR) is 139 cm³/mol. The second-order valence-electron chi connectivity index (χ2n) is 10.6. The van der Waals surface area contributed by atoms with Gasteiger partial charge in [0.15, 0.2) is 11.6 Å². The Hall–Kier alpha value is -3.29. The molecule has 3 heterocycles. The van der Waals surface area contributed by atoms with E-state index in [1.807, 2.05) is 26.0 Å². The number of nitrogens with zero attached hydrogens (tertiary/aromatic N) is 4. The minimum Gasteiger partial charge on any atom is -0.496 e. The molecule has 1 aliphatic carbocycles. The van der Waals surface area contributed by atoms with Crippen LogP contribution in [0.1, 0.15) is 73.8 Å². The van der Waals surface area contributed by atoms with Crippen molar-refractivity contribution in [3.63, 3.8) is 0 Å². The summed E-state index contributed by atoms with van der Waals surface area (Å²) in [7, 11) is 1.69. The average molecular weight is 505 g/mol. The van der Waals surface area contributed by atoms with Gasteiger partial charge >= 0.3 is 5.97 Å². The van der Waals surface area contributed by atoms with Crippen molar-refractivity contribution in [2.24, 2.45) is 11.8 Å². The SMILES string of the molecule is CCc1cc(CCC2(C3CCCC3)CC(=O)C(Cc3nc4nc(C)cc(C)n4n3)C(=O)O2)ccc1OC. The molecule has 8 heteroatoms. The highest BCUT2D eigenvalue weighted by Crippen LogP contribution is 2.45. The van der Waals surface area contributed by atoms with Gasteiger partial charge in [-0.05, 0) is 75.1 Å². The van der Waals surface area contributed by atoms with Crippen LogP contribution in [-0.4, -0.2) is 44.0 Å². The van der Waals surface area contributed by atoms with E-state index < -0.39 is 17.5 Å². The molecule has 196 valence electrons. The zero-order valence-electron chi connectivity index (χ0n) is 22.2. The number of ketones is 1. The van der Waals surface area contributed by atoms with Gasteiger partial charge in [-0.15, -0.1) is 5.10 Å². The number of fused-ring (bicyclic) bond motifs is 1. The Morgan fingerprint density at radius 1 is 1.14 bits per heavy atom. The Balaban J connectivity index is 1.35. The van der Waals surface area contributed by atoms with Gasteiger partial charge in [0.25, 0.3) is 5.78 Å². The summed E-state index contributed by atoms with van der Waals surface area (Å²) in [5.74, 6) is 0.652. The zero-order chi connectivity index (χ0) is 26.2. The van der Waals surface area contributed by atoms with Gasteiger partial charge in [0.1, 0.15) is 17.3 Å². The number of rotatable bonds is 8. The number of hydrogen-bond acceptors (Lipinski definition) is 7. The van der Waals surface area contributed by atoms with Gasteiger partial charge in [-0.25, -0.2) is 9.50 Å². The van der Waals surface area contributed by atoms with E-state index in [4.69, 9.17) is 9.47 Å². The lowest BCUT2D eigenvalue weighted by Gasteiger charge is -2.43. The first kappa shape index (κ1) is 25.4. The van der Waals surface area contributed by atoms with Crippen LogP contribution in [0.2, 0.25) is 0 Å². The van der Waals surface area contributed by atoms with E-state index in [0.29, 0.717) is 18.0 Å². The monoisotopic (exact) mass is 504 g/mol. The molecule has 0 amide bonds. The summed E-state index contributed by atoms with van der Waals surface area (Å²) < 4.78 is 13.4. The fourth-order valence-corrected chi connectivity index (χ4v) is 6.17. The molecule has 2 atom stereocenters. The van der Waals surface area contributed by atoms with Crippen molar-refractivity contribution >= 4 is 17.5 Å². The molecular formula is C29H36N4O4. The normalized spacial score (nSPS) is 22.5. The standard InChI is InChI=1S/C29H36N4O4/c1-5-21-15-20(10-11-25(21)36-4)12-13-29(22-8-6-7-9-22)17-24(34)23(27(35)37-29)16-26-31-28-30-18(2)14-19(3)33(28)32-26/h10-11,14-15,22-23H,5-9,12-13,16-17H2,1-4H3. The maximum absolute atomic E-state index is 13.5. The molecule has 0 spiro atoms. The summed E-state index contributed by atoms with van der Waals surface area (Å²) >= 11 is 0. The average Bonchev–Trinajstić information content (AvgIpc) is 3.55. The molecule has 5 rings (SSSR count). The van der Waals surface area contributed by atoms with Gasteiger partial charge in [-0.1, -0.05) is 31.9 Å². The van der Waals surface area contributed by atoms with Crippen LogP contribution in [0.25, 0.3) is 5.78 Å². The summed E-state index contributed by atoms with van der Waals surface area (Å²) in [5, 5.41) is 4.51. The molecule has 8 nitrogen and oxygen atoms in total. The Labute approximate surface area is 217 Å². The van der Waals surface area contributed by atoms with Crippen LogP contribution in [-0.2, 0) is 33.6 Å². The highest BCUT2D eigenvalue weighted by atomic mass is 16.6. The molecule has 2 unspecified atom stereocenters. The first-order chi connectivity index (χ1) is 17.8. The quantitative estimate of drug-likeness (QED) is 0.328. The molecule has 2 aliphatic rings. The minimum atomic E-state index is -0.874. The van der Waals surface area contributed by atoms with Crippen LogP contribution in [0.3, 0.4) is 0 Å². The predicted octanol–water partition coefficient (Wildman–Crippen LogP) is 4.55. The van der Waals surface area contributed by atoms with Gasteiger partial charge < -0.3 is 9.47 Å². The molecule has 2 aromatic heterocycles. The largest absolute Gasteiger partial charge is 0.496 e. The van der Waals surface area contributed by atoms with E-state index in [9.17, 15) is 9.59 Å². The molecule has 1 aromatic carbocycles. The number of cyclic esters (lactones) is 1. The van der Waals surface area contributed by atoms with Crippen molar-refractivity contribution in [3.8, 4) is 5.75 Å². The number of carbonyl (C=O) groups is 2. The third kappa shape index (κ3) is 4.98. The Morgan fingerprint density at radius 3 is 2.62 bits per heavy atom. The maximum Gasteiger partial charge on any atom is 0.317 e. The second kappa shape index (κ2) is 10.2. The first-order valence-electron chi connectivity index (χ1n) is 13.4. The van der Waals surface area contributed by atoms with Crippen molar-refractivity contribution in [1.82, 2.24) is 19.6 Å². The molecular weight excluding hydrogens is 468 g/mol. The summed E-state index contributed by atoms with van der Waals surface area (Å²) in [6.07, 6.45) is 6.88. The molecule has 37 heavy (non-hydrogen) atoms. The molecule has 3 aromatic rings. The fraction of sp³-hybridized carbons (Fsp3) is 0.552. The summed E-state index contributed by atoms with van der Waals surface area (Å²) in [6.45, 7) is 5.95. The van der Waals surface area contributed by atoms with Crippen molar-refractivity contribution in [2.45, 2.75) is 84.2 Å². The number of methoxy groups -OCH3 is 1. The van der Waals surface area contributed by atoms with Gasteiger partial charge in [0, 0.05) is 24.2 Å². The van der Waals surface area contributed by atoms with Crippen LogP contribution >= 0.6 is 0 Å². The zero-order valence-corrected chi connectivity index (χ0v) is 22.2. The number of ether oxygens (including phenoxy) is 2. The molecule has 1 saturated heterocycles. The van der Waals surface area contributed by atoms with E-state index in [1.54, 1.807) is 11.6 Å². The smallest absolute Gasteiger partial charge is 0.317 e. The van der Waals surface area contributed by atoms with Crippen LogP contribution in [0.5, 0.6) is 5.75 Å². The Morgan fingerprint density at radius 2 is 1.92 bits per heavy atom. The fourth-order valence-electron chi connectivity index (χ4n) is 6.17. The van der Waals surface area contributed by atoms with Crippen LogP contribution < -0.4 is 4.74 Å². The van der Waals surface area contributed by atoms with E-state index in [2.05, 4.69) is 34.1 Å². The number of esters is 1. The number of aryl methyl sites for hydroxylation is 4. The van der Waals surface area contributed by atoms with E-state index in [0.717, 1.165) is 61.2 Å². The van der Waals surface area contributed by atoms with Gasteiger partial charge in [-0.2, -0.15) is 4.98 Å². The van der Waals surface area contributed by atoms with Crippen LogP contribution in [0.4, 0.5) is 0 Å². The lowest BCUT2D eigenvalue weighted by atomic mass is 9.73. The van der Waals surface area contributed by atoms with Crippen molar-refractivity contribution < 1.29 is 19.1 Å². The Bertz CT molecular complexity index is 1310. The number of aromatic nitrogens is 4. The highest BCUT2D eigenvalue weighted by molar-refractivity contribution is 6.01.